The maximum Gasteiger partial charge on any atom is 0.214 e. The van der Waals surface area contributed by atoms with Crippen LogP contribution < -0.4 is 0 Å². The predicted octanol–water partition coefficient (Wildman–Crippen LogP) is 1.92. The standard InChI is InChI=1S/C16H23N3O2S/c1-3-12-22(20,21)19-10-8-18(9-11-19)16(13-17)15-7-5-4-6-14(15)2/h4-7,16H,3,8-12H2,1-2H3. The maximum atomic E-state index is 12.1. The van der Waals surface area contributed by atoms with Crippen LogP contribution in [-0.2, 0) is 10.0 Å². The minimum absolute atomic E-state index is 0.201. The van der Waals surface area contributed by atoms with E-state index < -0.39 is 10.0 Å². The van der Waals surface area contributed by atoms with Crippen LogP contribution in [-0.4, -0.2) is 49.6 Å². The van der Waals surface area contributed by atoms with Gasteiger partial charge in [-0.3, -0.25) is 4.90 Å². The Morgan fingerprint density at radius 3 is 2.41 bits per heavy atom. The predicted molar refractivity (Wildman–Crippen MR) is 86.8 cm³/mol. The van der Waals surface area contributed by atoms with E-state index in [4.69, 9.17) is 0 Å². The average molecular weight is 321 g/mol. The number of nitriles is 1. The van der Waals surface area contributed by atoms with Crippen molar-refractivity contribution in [3.05, 3.63) is 35.4 Å². The Labute approximate surface area is 133 Å². The van der Waals surface area contributed by atoms with Gasteiger partial charge in [0.1, 0.15) is 6.04 Å². The zero-order chi connectivity index (χ0) is 16.2. The van der Waals surface area contributed by atoms with E-state index in [1.54, 1.807) is 4.31 Å². The largest absolute Gasteiger partial charge is 0.282 e. The highest BCUT2D eigenvalue weighted by molar-refractivity contribution is 7.89. The molecule has 120 valence electrons. The molecule has 2 rings (SSSR count). The number of sulfonamides is 1. The van der Waals surface area contributed by atoms with Crippen molar-refractivity contribution in [1.29, 1.82) is 5.26 Å². The van der Waals surface area contributed by atoms with E-state index in [9.17, 15) is 13.7 Å². The van der Waals surface area contributed by atoms with Crippen LogP contribution in [0.15, 0.2) is 24.3 Å². The molecule has 0 saturated carbocycles. The molecule has 1 unspecified atom stereocenters. The molecule has 0 aromatic heterocycles. The number of rotatable bonds is 5. The van der Waals surface area contributed by atoms with Gasteiger partial charge in [0.15, 0.2) is 0 Å². The Morgan fingerprint density at radius 1 is 1.23 bits per heavy atom. The van der Waals surface area contributed by atoms with Crippen molar-refractivity contribution in [1.82, 2.24) is 9.21 Å². The second-order valence-electron chi connectivity index (χ2n) is 5.64. The lowest BCUT2D eigenvalue weighted by Crippen LogP contribution is -2.50. The molecular formula is C16H23N3O2S. The van der Waals surface area contributed by atoms with E-state index in [-0.39, 0.29) is 11.8 Å². The maximum absolute atomic E-state index is 12.1. The van der Waals surface area contributed by atoms with Crippen molar-refractivity contribution in [3.8, 4) is 6.07 Å². The number of hydrogen-bond donors (Lipinski definition) is 0. The first-order valence-electron chi connectivity index (χ1n) is 7.66. The Hall–Kier alpha value is -1.42. The highest BCUT2D eigenvalue weighted by Gasteiger charge is 2.30. The van der Waals surface area contributed by atoms with Crippen molar-refractivity contribution in [2.24, 2.45) is 0 Å². The van der Waals surface area contributed by atoms with Crippen LogP contribution in [0.2, 0.25) is 0 Å². The lowest BCUT2D eigenvalue weighted by Gasteiger charge is -2.36. The van der Waals surface area contributed by atoms with E-state index >= 15 is 0 Å². The summed E-state index contributed by atoms with van der Waals surface area (Å²) >= 11 is 0. The van der Waals surface area contributed by atoms with Gasteiger partial charge in [0.25, 0.3) is 0 Å². The van der Waals surface area contributed by atoms with Gasteiger partial charge in [-0.2, -0.15) is 9.57 Å². The lowest BCUT2D eigenvalue weighted by atomic mass is 10.0. The topological polar surface area (TPSA) is 64.4 Å². The molecule has 22 heavy (non-hydrogen) atoms. The van der Waals surface area contributed by atoms with Gasteiger partial charge in [-0.1, -0.05) is 31.2 Å². The zero-order valence-electron chi connectivity index (χ0n) is 13.2. The fourth-order valence-corrected chi connectivity index (χ4v) is 4.36. The normalized spacial score (nSPS) is 18.8. The van der Waals surface area contributed by atoms with E-state index in [2.05, 4.69) is 11.0 Å². The van der Waals surface area contributed by atoms with Crippen LogP contribution in [0.4, 0.5) is 0 Å². The van der Waals surface area contributed by atoms with Gasteiger partial charge in [0.05, 0.1) is 11.8 Å². The molecule has 5 nitrogen and oxygen atoms in total. The summed E-state index contributed by atoms with van der Waals surface area (Å²) in [4.78, 5) is 2.07. The molecule has 1 heterocycles. The Balaban J connectivity index is 2.08. The fraction of sp³-hybridized carbons (Fsp3) is 0.562. The third kappa shape index (κ3) is 3.67. The molecule has 0 bridgehead atoms. The van der Waals surface area contributed by atoms with Crippen LogP contribution in [0, 0.1) is 18.3 Å². The minimum Gasteiger partial charge on any atom is -0.282 e. The number of hydrogen-bond acceptors (Lipinski definition) is 4. The molecular weight excluding hydrogens is 298 g/mol. The van der Waals surface area contributed by atoms with E-state index in [1.165, 1.54) is 0 Å². The van der Waals surface area contributed by atoms with Gasteiger partial charge < -0.3 is 0 Å². The molecule has 0 amide bonds. The summed E-state index contributed by atoms with van der Waals surface area (Å²) in [6.45, 7) is 5.99. The lowest BCUT2D eigenvalue weighted by molar-refractivity contribution is 0.162. The summed E-state index contributed by atoms with van der Waals surface area (Å²) in [5.41, 5.74) is 2.10. The summed E-state index contributed by atoms with van der Waals surface area (Å²) in [6, 6.07) is 9.93. The van der Waals surface area contributed by atoms with Crippen molar-refractivity contribution in [2.45, 2.75) is 26.3 Å². The third-order valence-corrected chi connectivity index (χ3v) is 6.18. The molecule has 1 aromatic rings. The summed E-state index contributed by atoms with van der Waals surface area (Å²) in [6.07, 6.45) is 0.632. The molecule has 1 aliphatic rings. The average Bonchev–Trinajstić information content (AvgIpc) is 2.50. The summed E-state index contributed by atoms with van der Waals surface area (Å²) in [5.74, 6) is 0.201. The quantitative estimate of drug-likeness (QED) is 0.831. The Morgan fingerprint density at radius 2 is 1.86 bits per heavy atom. The van der Waals surface area contributed by atoms with Crippen LogP contribution >= 0.6 is 0 Å². The van der Waals surface area contributed by atoms with Crippen LogP contribution in [0.3, 0.4) is 0 Å². The smallest absolute Gasteiger partial charge is 0.214 e. The monoisotopic (exact) mass is 321 g/mol. The highest BCUT2D eigenvalue weighted by atomic mass is 32.2. The highest BCUT2D eigenvalue weighted by Crippen LogP contribution is 2.25. The number of benzene rings is 1. The molecule has 0 N–H and O–H groups in total. The third-order valence-electron chi connectivity index (χ3n) is 4.10. The van der Waals surface area contributed by atoms with Gasteiger partial charge in [-0.25, -0.2) is 8.42 Å². The van der Waals surface area contributed by atoms with Gasteiger partial charge in [-0.15, -0.1) is 0 Å². The van der Waals surface area contributed by atoms with E-state index in [0.717, 1.165) is 11.1 Å². The second-order valence-corrected chi connectivity index (χ2v) is 7.73. The SMILES string of the molecule is CCCS(=O)(=O)N1CCN(C(C#N)c2ccccc2C)CC1. The fourth-order valence-electron chi connectivity index (χ4n) is 2.87. The summed E-state index contributed by atoms with van der Waals surface area (Å²) in [7, 11) is -3.14. The van der Waals surface area contributed by atoms with Crippen molar-refractivity contribution in [2.75, 3.05) is 31.9 Å². The first kappa shape index (κ1) is 16.9. The molecule has 1 aromatic carbocycles. The van der Waals surface area contributed by atoms with Crippen molar-refractivity contribution in [3.63, 3.8) is 0 Å². The minimum atomic E-state index is -3.14. The molecule has 6 heteroatoms. The zero-order valence-corrected chi connectivity index (χ0v) is 14.0. The number of aryl methyl sites for hydroxylation is 1. The molecule has 1 atom stereocenters. The van der Waals surface area contributed by atoms with Crippen molar-refractivity contribution >= 4 is 10.0 Å². The molecule has 0 aliphatic carbocycles. The Kier molecular flexibility index (Phi) is 5.57. The van der Waals surface area contributed by atoms with E-state index in [0.29, 0.717) is 32.6 Å². The molecule has 0 radical (unpaired) electrons. The number of piperazine rings is 1. The summed E-state index contributed by atoms with van der Waals surface area (Å²) in [5, 5.41) is 9.54. The first-order valence-corrected chi connectivity index (χ1v) is 9.27. The summed E-state index contributed by atoms with van der Waals surface area (Å²) < 4.78 is 25.8. The number of nitrogens with zero attached hydrogens (tertiary/aromatic N) is 3. The van der Waals surface area contributed by atoms with Crippen molar-refractivity contribution < 1.29 is 8.42 Å². The van der Waals surface area contributed by atoms with Gasteiger partial charge in [0.2, 0.25) is 10.0 Å². The van der Waals surface area contributed by atoms with Gasteiger partial charge in [-0.05, 0) is 24.5 Å². The molecule has 1 fully saturated rings. The molecule has 1 aliphatic heterocycles. The van der Waals surface area contributed by atoms with E-state index in [1.807, 2.05) is 38.1 Å². The van der Waals surface area contributed by atoms with Gasteiger partial charge in [0, 0.05) is 26.2 Å². The molecule has 0 spiro atoms. The van der Waals surface area contributed by atoms with Gasteiger partial charge >= 0.3 is 0 Å². The Bertz CT molecular complexity index is 644. The van der Waals surface area contributed by atoms with Crippen LogP contribution in [0.25, 0.3) is 0 Å². The second kappa shape index (κ2) is 7.23. The van der Waals surface area contributed by atoms with Crippen LogP contribution in [0.1, 0.15) is 30.5 Å². The van der Waals surface area contributed by atoms with Crippen LogP contribution in [0.5, 0.6) is 0 Å². The first-order chi connectivity index (χ1) is 10.5. The molecule has 1 saturated heterocycles.